The highest BCUT2D eigenvalue weighted by molar-refractivity contribution is 6.15. The number of benzene rings is 2. The Kier molecular flexibility index (Phi) is 9.45. The van der Waals surface area contributed by atoms with Crippen molar-refractivity contribution in [3.63, 3.8) is 0 Å². The lowest BCUT2D eigenvalue weighted by atomic mass is 10.0. The summed E-state index contributed by atoms with van der Waals surface area (Å²) in [6, 6.07) is 8.05. The predicted molar refractivity (Wildman–Crippen MR) is 164 cm³/mol. The molecule has 4 aromatic rings. The summed E-state index contributed by atoms with van der Waals surface area (Å²) in [5.41, 5.74) is 1.12. The monoisotopic (exact) mass is 623 g/mol. The standard InChI is InChI=1S/C31H31F2N5O7/c1-4-25(40)37-20-13-17(38-8-11-44-12-9-38)5-6-19(20)36-24-14-18-23(16-35-24)45-31(29(18)34-7-10-39)30(41)26-27(32)21(42-2)15-22(43-3)28(26)33/h4-6,13-16,34,39H,1,7-12H2,2-3H3,(H,35,36)(H,37,40). The summed E-state index contributed by atoms with van der Waals surface area (Å²) in [7, 11) is 2.34. The van der Waals surface area contributed by atoms with E-state index in [-0.39, 0.29) is 24.4 Å². The average Bonchev–Trinajstić information content (AvgIpc) is 3.42. The number of carbonyl (C=O) groups is 2. The van der Waals surface area contributed by atoms with E-state index in [0.717, 1.165) is 17.8 Å². The minimum Gasteiger partial charge on any atom is -0.494 e. The van der Waals surface area contributed by atoms with E-state index in [1.165, 1.54) is 20.4 Å². The number of aromatic nitrogens is 1. The smallest absolute Gasteiger partial charge is 0.247 e. The fourth-order valence-corrected chi connectivity index (χ4v) is 4.87. The third kappa shape index (κ3) is 6.37. The predicted octanol–water partition coefficient (Wildman–Crippen LogP) is 4.46. The van der Waals surface area contributed by atoms with Crippen molar-refractivity contribution in [1.82, 2.24) is 4.98 Å². The van der Waals surface area contributed by atoms with Gasteiger partial charge in [0.05, 0.1) is 57.3 Å². The molecule has 1 fully saturated rings. The Labute approximate surface area is 256 Å². The maximum Gasteiger partial charge on any atom is 0.247 e. The zero-order valence-corrected chi connectivity index (χ0v) is 24.5. The molecule has 12 nitrogen and oxygen atoms in total. The van der Waals surface area contributed by atoms with Gasteiger partial charge in [-0.05, 0) is 30.3 Å². The number of fused-ring (bicyclic) bond motifs is 1. The number of hydrogen-bond donors (Lipinski definition) is 4. The number of pyridine rings is 1. The minimum atomic E-state index is -1.23. The number of halogens is 2. The van der Waals surface area contributed by atoms with E-state index in [4.69, 9.17) is 18.6 Å². The van der Waals surface area contributed by atoms with Crippen LogP contribution in [0, 0.1) is 11.6 Å². The molecular weight excluding hydrogens is 592 g/mol. The second-order valence-corrected chi connectivity index (χ2v) is 9.78. The van der Waals surface area contributed by atoms with Crippen LogP contribution in [0.5, 0.6) is 11.5 Å². The molecule has 236 valence electrons. The third-order valence-corrected chi connectivity index (χ3v) is 7.08. The summed E-state index contributed by atoms with van der Waals surface area (Å²) in [6.45, 7) is 5.77. The van der Waals surface area contributed by atoms with Crippen LogP contribution in [0.3, 0.4) is 0 Å². The highest BCUT2D eigenvalue weighted by atomic mass is 19.1. The summed E-state index contributed by atoms with van der Waals surface area (Å²) >= 11 is 0. The number of carbonyl (C=O) groups excluding carboxylic acids is 2. The largest absolute Gasteiger partial charge is 0.494 e. The van der Waals surface area contributed by atoms with E-state index < -0.39 is 46.1 Å². The van der Waals surface area contributed by atoms with Crippen LogP contribution in [0.1, 0.15) is 16.1 Å². The molecule has 1 saturated heterocycles. The molecule has 2 aromatic carbocycles. The first-order valence-corrected chi connectivity index (χ1v) is 13.9. The second kappa shape index (κ2) is 13.6. The number of ether oxygens (including phenoxy) is 3. The quantitative estimate of drug-likeness (QED) is 0.131. The van der Waals surface area contributed by atoms with Gasteiger partial charge in [0.25, 0.3) is 0 Å². The zero-order chi connectivity index (χ0) is 32.1. The van der Waals surface area contributed by atoms with Gasteiger partial charge in [0, 0.05) is 36.8 Å². The fourth-order valence-electron chi connectivity index (χ4n) is 4.87. The molecule has 0 atom stereocenters. The van der Waals surface area contributed by atoms with Crippen molar-refractivity contribution in [2.45, 2.75) is 0 Å². The fraction of sp³-hybridized carbons (Fsp3) is 0.258. The lowest BCUT2D eigenvalue weighted by Gasteiger charge is -2.29. The number of amides is 1. The molecular formula is C31H31F2N5O7. The van der Waals surface area contributed by atoms with Crippen molar-refractivity contribution in [2.24, 2.45) is 0 Å². The first kappa shape index (κ1) is 31.2. The van der Waals surface area contributed by atoms with E-state index >= 15 is 8.78 Å². The molecule has 0 bridgehead atoms. The van der Waals surface area contributed by atoms with Crippen LogP contribution in [0.15, 0.2) is 53.6 Å². The van der Waals surface area contributed by atoms with Gasteiger partial charge in [-0.1, -0.05) is 6.58 Å². The first-order valence-electron chi connectivity index (χ1n) is 13.9. The zero-order valence-electron chi connectivity index (χ0n) is 24.5. The maximum atomic E-state index is 15.2. The number of hydrogen-bond acceptors (Lipinski definition) is 11. The van der Waals surface area contributed by atoms with Crippen LogP contribution in [-0.4, -0.2) is 75.5 Å². The Balaban J connectivity index is 1.55. The molecule has 0 unspecified atom stereocenters. The second-order valence-electron chi connectivity index (χ2n) is 9.78. The van der Waals surface area contributed by atoms with Crippen LogP contribution >= 0.6 is 0 Å². The molecule has 4 N–H and O–H groups in total. The van der Waals surface area contributed by atoms with Gasteiger partial charge in [-0.25, -0.2) is 13.8 Å². The van der Waals surface area contributed by atoms with Gasteiger partial charge in [-0.2, -0.15) is 0 Å². The van der Waals surface area contributed by atoms with Gasteiger partial charge < -0.3 is 44.6 Å². The van der Waals surface area contributed by atoms with Crippen molar-refractivity contribution in [3.05, 3.63) is 72.1 Å². The van der Waals surface area contributed by atoms with E-state index in [9.17, 15) is 14.7 Å². The first-order chi connectivity index (χ1) is 21.8. The molecule has 14 heteroatoms. The van der Waals surface area contributed by atoms with Crippen molar-refractivity contribution in [1.29, 1.82) is 0 Å². The number of nitrogens with zero attached hydrogens (tertiary/aromatic N) is 2. The number of rotatable bonds is 12. The average molecular weight is 624 g/mol. The topological polar surface area (TPSA) is 147 Å². The Morgan fingerprint density at radius 2 is 1.80 bits per heavy atom. The molecule has 2 aromatic heterocycles. The number of furan rings is 1. The molecule has 1 amide bonds. The highest BCUT2D eigenvalue weighted by Gasteiger charge is 2.31. The lowest BCUT2D eigenvalue weighted by molar-refractivity contribution is -0.111. The van der Waals surface area contributed by atoms with Gasteiger partial charge >= 0.3 is 0 Å². The van der Waals surface area contributed by atoms with Crippen LogP contribution in [0.2, 0.25) is 0 Å². The molecule has 0 radical (unpaired) electrons. The highest BCUT2D eigenvalue weighted by Crippen LogP contribution is 2.38. The normalized spacial score (nSPS) is 13.0. The van der Waals surface area contributed by atoms with Crippen LogP contribution < -0.4 is 30.3 Å². The number of nitrogens with one attached hydrogen (secondary N) is 3. The lowest BCUT2D eigenvalue weighted by Crippen LogP contribution is -2.36. The molecule has 3 heterocycles. The Hall–Kier alpha value is -5.21. The number of ketones is 1. The van der Waals surface area contributed by atoms with Crippen LogP contribution in [-0.2, 0) is 9.53 Å². The maximum absolute atomic E-state index is 15.2. The molecule has 1 aliphatic rings. The van der Waals surface area contributed by atoms with Gasteiger partial charge in [0.2, 0.25) is 11.7 Å². The summed E-state index contributed by atoms with van der Waals surface area (Å²) in [6.07, 6.45) is 2.49. The molecule has 1 aliphatic heterocycles. The van der Waals surface area contributed by atoms with Crippen LogP contribution in [0.4, 0.5) is 37.3 Å². The number of morpholine rings is 1. The number of anilines is 5. The SMILES string of the molecule is C=CC(=O)Nc1cc(N2CCOCC2)ccc1Nc1cc2c(NCCO)c(C(=O)c3c(F)c(OC)cc(OC)c3F)oc2cn1. The van der Waals surface area contributed by atoms with E-state index in [1.807, 2.05) is 12.1 Å². The molecule has 0 saturated carbocycles. The Morgan fingerprint density at radius 3 is 2.44 bits per heavy atom. The number of methoxy groups -OCH3 is 2. The summed E-state index contributed by atoms with van der Waals surface area (Å²) < 4.78 is 51.6. The van der Waals surface area contributed by atoms with Gasteiger partial charge in [-0.3, -0.25) is 9.59 Å². The van der Waals surface area contributed by atoms with Crippen molar-refractivity contribution < 1.29 is 42.1 Å². The van der Waals surface area contributed by atoms with Gasteiger partial charge in [-0.15, -0.1) is 0 Å². The van der Waals surface area contributed by atoms with E-state index in [2.05, 4.69) is 32.4 Å². The Bertz CT molecular complexity index is 1730. The molecule has 5 rings (SSSR count). The van der Waals surface area contributed by atoms with E-state index in [1.54, 1.807) is 12.1 Å². The van der Waals surface area contributed by atoms with Crippen LogP contribution in [0.25, 0.3) is 11.0 Å². The van der Waals surface area contributed by atoms with E-state index in [0.29, 0.717) is 48.9 Å². The van der Waals surface area contributed by atoms with Gasteiger partial charge in [0.15, 0.2) is 34.5 Å². The van der Waals surface area contributed by atoms with Crippen molar-refractivity contribution in [2.75, 3.05) is 74.5 Å². The molecule has 0 aliphatic carbocycles. The summed E-state index contributed by atoms with van der Waals surface area (Å²) in [4.78, 5) is 32.4. The third-order valence-electron chi connectivity index (χ3n) is 7.08. The summed E-state index contributed by atoms with van der Waals surface area (Å²) in [5.74, 6) is -4.92. The Morgan fingerprint density at radius 1 is 1.09 bits per heavy atom. The molecule has 45 heavy (non-hydrogen) atoms. The van der Waals surface area contributed by atoms with Crippen molar-refractivity contribution >= 4 is 51.2 Å². The number of aliphatic hydroxyl groups is 1. The number of aliphatic hydroxyl groups excluding tert-OH is 1. The van der Waals surface area contributed by atoms with Gasteiger partial charge in [0.1, 0.15) is 11.4 Å². The minimum absolute atomic E-state index is 0.00682. The van der Waals surface area contributed by atoms with Crippen molar-refractivity contribution in [3.8, 4) is 11.5 Å². The summed E-state index contributed by atoms with van der Waals surface area (Å²) in [5, 5.41) is 18.7. The molecule has 0 spiro atoms.